The van der Waals surface area contributed by atoms with Gasteiger partial charge in [-0.15, -0.1) is 0 Å². The highest BCUT2D eigenvalue weighted by atomic mass is 32.2. The van der Waals surface area contributed by atoms with Crippen LogP contribution in [0.5, 0.6) is 0 Å². The van der Waals surface area contributed by atoms with Crippen molar-refractivity contribution in [2.24, 2.45) is 11.7 Å². The number of hydrogen-bond acceptors (Lipinski definition) is 12. The highest BCUT2D eigenvalue weighted by Gasteiger charge is 2.38. The number of nitrogens with zero attached hydrogens (tertiary/aromatic N) is 2. The maximum absolute atomic E-state index is 13.2. The molecule has 4 amide bonds. The predicted octanol–water partition coefficient (Wildman–Crippen LogP) is 4.94. The molecular formula is C52H63F4N5O11S. The number of nitrogens with two attached hydrogens (primary N) is 1. The molecule has 73 heavy (non-hydrogen) atoms. The molecule has 396 valence electrons. The molecule has 2 heterocycles. The quantitative estimate of drug-likeness (QED) is 0.0612. The third-order valence-electron chi connectivity index (χ3n) is 12.4. The average Bonchev–Trinajstić information content (AvgIpc) is 4.33. The minimum Gasteiger partial charge on any atom is -0.379 e. The topological polar surface area (TPSA) is 205 Å². The normalized spacial score (nSPS) is 20.0. The Balaban J connectivity index is 0.000000199. The van der Waals surface area contributed by atoms with Gasteiger partial charge >= 0.3 is 0 Å². The Hall–Kier alpha value is -5.81. The van der Waals surface area contributed by atoms with Crippen LogP contribution in [-0.4, -0.2) is 152 Å². The van der Waals surface area contributed by atoms with Gasteiger partial charge in [0, 0.05) is 55.9 Å². The number of morpholine rings is 2. The van der Waals surface area contributed by atoms with Crippen LogP contribution in [-0.2, 0) is 42.8 Å². The van der Waals surface area contributed by atoms with E-state index in [1.54, 1.807) is 9.80 Å². The Morgan fingerprint density at radius 2 is 0.986 bits per heavy atom. The number of amides is 4. The molecule has 4 N–H and O–H groups in total. The predicted molar refractivity (Wildman–Crippen MR) is 261 cm³/mol. The number of carbonyl (C=O) groups excluding carboxylic acids is 4. The zero-order valence-electron chi connectivity index (χ0n) is 40.6. The van der Waals surface area contributed by atoms with Gasteiger partial charge in [-0.3, -0.25) is 23.4 Å². The number of ether oxygens (including phenoxy) is 4. The number of carbonyl (C=O) groups is 4. The maximum Gasteiger partial charge on any atom is 0.264 e. The van der Waals surface area contributed by atoms with Crippen LogP contribution in [0.1, 0.15) is 69.4 Å². The van der Waals surface area contributed by atoms with E-state index in [0.29, 0.717) is 83.0 Å². The van der Waals surface area contributed by atoms with Crippen LogP contribution < -0.4 is 16.4 Å². The van der Waals surface area contributed by atoms with Crippen LogP contribution in [0.3, 0.4) is 0 Å². The van der Waals surface area contributed by atoms with E-state index in [1.165, 1.54) is 71.8 Å². The van der Waals surface area contributed by atoms with Gasteiger partial charge in [-0.25, -0.2) is 17.6 Å². The molecule has 16 nitrogen and oxygen atoms in total. The highest BCUT2D eigenvalue weighted by molar-refractivity contribution is 7.85. The lowest BCUT2D eigenvalue weighted by Crippen LogP contribution is -2.53. The van der Waals surface area contributed by atoms with E-state index >= 15 is 0 Å². The molecule has 0 radical (unpaired) electrons. The molecule has 6 atom stereocenters. The van der Waals surface area contributed by atoms with Crippen molar-refractivity contribution in [1.29, 1.82) is 0 Å². The zero-order valence-corrected chi connectivity index (χ0v) is 41.4. The molecule has 0 aromatic heterocycles. The number of nitrogens with one attached hydrogen (secondary N) is 2. The lowest BCUT2D eigenvalue weighted by atomic mass is 10.1. The van der Waals surface area contributed by atoms with Crippen molar-refractivity contribution < 1.29 is 68.3 Å². The van der Waals surface area contributed by atoms with Crippen LogP contribution in [0, 0.1) is 29.2 Å². The van der Waals surface area contributed by atoms with E-state index in [4.69, 9.17) is 24.7 Å². The van der Waals surface area contributed by atoms with E-state index in [0.717, 1.165) is 44.1 Å². The SMILES string of the molecule is CS(=O)(=O)OCCOC[C@H](NC(=O)c1ccc(F)cc1)C(=O)N1CCOCC1.N[C@@H]1C[C@H]1c1ccc(F)cc1.O=C(N[C@@H](COCCC[C@@H]1C[C@H]1c1ccc(F)cc1)C(=O)N1CCOCC1)c1ccc(F)cc1. The van der Waals surface area contributed by atoms with E-state index in [-0.39, 0.29) is 61.0 Å². The summed E-state index contributed by atoms with van der Waals surface area (Å²) in [5.74, 6) is -1.34. The van der Waals surface area contributed by atoms with Gasteiger partial charge in [0.2, 0.25) is 11.8 Å². The first-order valence-electron chi connectivity index (χ1n) is 24.2. The lowest BCUT2D eigenvalue weighted by molar-refractivity contribution is -0.139. The Morgan fingerprint density at radius 3 is 1.38 bits per heavy atom. The largest absolute Gasteiger partial charge is 0.379 e. The third kappa shape index (κ3) is 19.2. The summed E-state index contributed by atoms with van der Waals surface area (Å²) in [6.45, 7) is 3.51. The van der Waals surface area contributed by atoms with Crippen molar-refractivity contribution in [1.82, 2.24) is 20.4 Å². The minimum atomic E-state index is -3.59. The van der Waals surface area contributed by atoms with Crippen molar-refractivity contribution in [3.63, 3.8) is 0 Å². The van der Waals surface area contributed by atoms with Crippen molar-refractivity contribution in [2.45, 2.75) is 55.6 Å². The smallest absolute Gasteiger partial charge is 0.264 e. The van der Waals surface area contributed by atoms with Crippen molar-refractivity contribution in [3.05, 3.63) is 143 Å². The molecule has 2 aliphatic heterocycles. The third-order valence-corrected chi connectivity index (χ3v) is 13.0. The standard InChI is InChI=1S/C26H30F2N2O4.C17H23FN2O7S.C9H10FN/c27-21-7-3-18(4-8-21)23-16-20(23)2-1-13-34-17-24(26(32)30-11-14-33-15-12-30)29-25(31)19-5-9-22(28)10-6-19;1-28(23,24)27-11-10-26-12-15(17(22)20-6-8-25-9-7-20)19-16(21)13-2-4-14(18)5-3-13;10-7-3-1-6(2-4-7)8-5-9(8)11/h3-10,20,23-24H,1-2,11-17H2,(H,29,31);2-5,15H,6-12H2,1H3,(H,19,21);1-4,8-9H,5,11H2/t20-,23+,24+;15-;8-,9+/m100/s1. The van der Waals surface area contributed by atoms with Gasteiger partial charge in [-0.05, 0) is 121 Å². The van der Waals surface area contributed by atoms with Gasteiger partial charge in [0.05, 0.1) is 59.1 Å². The molecule has 4 aromatic carbocycles. The van der Waals surface area contributed by atoms with Gasteiger partial charge in [-0.1, -0.05) is 24.3 Å². The Kier molecular flexibility index (Phi) is 21.7. The number of hydrogen-bond donors (Lipinski definition) is 3. The average molecular weight is 1040 g/mol. The van der Waals surface area contributed by atoms with Crippen LogP contribution >= 0.6 is 0 Å². The summed E-state index contributed by atoms with van der Waals surface area (Å²) >= 11 is 0. The Bertz CT molecular complexity index is 2500. The van der Waals surface area contributed by atoms with E-state index < -0.39 is 45.7 Å². The van der Waals surface area contributed by atoms with E-state index in [1.807, 2.05) is 24.3 Å². The second-order valence-electron chi connectivity index (χ2n) is 18.0. The molecular weight excluding hydrogens is 979 g/mol. The summed E-state index contributed by atoms with van der Waals surface area (Å²) < 4.78 is 99.8. The molecule has 21 heteroatoms. The first-order chi connectivity index (χ1) is 35.0. The fraction of sp³-hybridized carbons (Fsp3) is 0.462. The molecule has 4 aliphatic rings. The monoisotopic (exact) mass is 1040 g/mol. The first-order valence-corrected chi connectivity index (χ1v) is 26.0. The van der Waals surface area contributed by atoms with Crippen molar-refractivity contribution in [2.75, 3.05) is 91.9 Å². The number of rotatable bonds is 20. The van der Waals surface area contributed by atoms with Gasteiger partial charge in [0.15, 0.2) is 0 Å². The highest BCUT2D eigenvalue weighted by Crippen LogP contribution is 2.50. The Morgan fingerprint density at radius 1 is 0.603 bits per heavy atom. The maximum atomic E-state index is 13.2. The van der Waals surface area contributed by atoms with Crippen molar-refractivity contribution in [3.8, 4) is 0 Å². The van der Waals surface area contributed by atoms with Crippen LogP contribution in [0.15, 0.2) is 97.1 Å². The van der Waals surface area contributed by atoms with Gasteiger partial charge in [0.25, 0.3) is 21.9 Å². The molecule has 2 saturated heterocycles. The molecule has 2 aliphatic carbocycles. The second-order valence-corrected chi connectivity index (χ2v) is 19.6. The van der Waals surface area contributed by atoms with Gasteiger partial charge in [-0.2, -0.15) is 8.42 Å². The molecule has 8 rings (SSSR count). The molecule has 0 unspecified atom stereocenters. The Labute approximate surface area is 422 Å². The first kappa shape index (κ1) is 56.5. The molecule has 2 saturated carbocycles. The van der Waals surface area contributed by atoms with Crippen molar-refractivity contribution >= 4 is 33.7 Å². The van der Waals surface area contributed by atoms with E-state index in [2.05, 4.69) is 14.8 Å². The summed E-state index contributed by atoms with van der Waals surface area (Å²) in [5, 5.41) is 5.33. The fourth-order valence-electron chi connectivity index (χ4n) is 8.13. The van der Waals surface area contributed by atoms with Crippen LogP contribution in [0.2, 0.25) is 0 Å². The molecule has 4 fully saturated rings. The summed E-state index contributed by atoms with van der Waals surface area (Å²) in [5.41, 5.74) is 8.46. The molecule has 0 bridgehead atoms. The second kappa shape index (κ2) is 28.0. The number of halogens is 4. The number of benzene rings is 4. The van der Waals surface area contributed by atoms with Gasteiger partial charge in [0.1, 0.15) is 35.4 Å². The van der Waals surface area contributed by atoms with E-state index in [9.17, 15) is 45.2 Å². The minimum absolute atomic E-state index is 0.0647. The summed E-state index contributed by atoms with van der Waals surface area (Å²) in [6.07, 6.45) is 4.89. The molecule has 4 aromatic rings. The summed E-state index contributed by atoms with van der Waals surface area (Å²) in [4.78, 5) is 54.0. The zero-order chi connectivity index (χ0) is 52.3. The van der Waals surface area contributed by atoms with Crippen LogP contribution in [0.4, 0.5) is 17.6 Å². The summed E-state index contributed by atoms with van der Waals surface area (Å²) in [7, 11) is -3.59. The van der Waals surface area contributed by atoms with Crippen LogP contribution in [0.25, 0.3) is 0 Å². The fourth-order valence-corrected chi connectivity index (χ4v) is 8.50. The molecule has 0 spiro atoms. The summed E-state index contributed by atoms with van der Waals surface area (Å²) in [6, 6.07) is 21.9. The lowest BCUT2D eigenvalue weighted by Gasteiger charge is -2.30. The van der Waals surface area contributed by atoms with Gasteiger partial charge < -0.3 is 45.1 Å².